The zero-order valence-corrected chi connectivity index (χ0v) is 13.8. The summed E-state index contributed by atoms with van der Waals surface area (Å²) in [5, 5.41) is 13.0. The number of likely N-dealkylation sites (N-methyl/N-ethyl adjacent to an activating group) is 1. The third-order valence-corrected chi connectivity index (χ3v) is 3.53. The normalized spacial score (nSPS) is 10.2. The van der Waals surface area contributed by atoms with Gasteiger partial charge in [-0.3, -0.25) is 9.48 Å². The minimum atomic E-state index is -0.114. The number of nitriles is 1. The molecule has 0 aliphatic carbocycles. The molecular weight excluding hydrogens is 292 g/mol. The van der Waals surface area contributed by atoms with Crippen LogP contribution in [0.25, 0.3) is 0 Å². The Morgan fingerprint density at radius 3 is 2.57 bits per heavy atom. The number of carbonyl (C=O) groups is 1. The summed E-state index contributed by atoms with van der Waals surface area (Å²) in [5.41, 5.74) is 3.26. The van der Waals surface area contributed by atoms with Gasteiger partial charge in [0.2, 0.25) is 0 Å². The number of benzene rings is 1. The third-order valence-electron chi connectivity index (χ3n) is 3.53. The molecule has 1 heterocycles. The smallest absolute Gasteiger partial charge is 0.260 e. The van der Waals surface area contributed by atoms with Crippen molar-refractivity contribution in [3.05, 3.63) is 46.8 Å². The number of carbonyl (C=O) groups excluding carboxylic acids is 1. The molecule has 1 amide bonds. The number of hydrogen-bond acceptors (Lipinski definition) is 4. The van der Waals surface area contributed by atoms with Crippen LogP contribution in [0.2, 0.25) is 0 Å². The molecule has 0 bridgehead atoms. The number of aromatic nitrogens is 2. The highest BCUT2D eigenvalue weighted by Gasteiger charge is 2.13. The number of amides is 1. The number of hydrogen-bond donors (Lipinski definition) is 0. The molecule has 0 fully saturated rings. The van der Waals surface area contributed by atoms with E-state index in [9.17, 15) is 4.79 Å². The van der Waals surface area contributed by atoms with Crippen molar-refractivity contribution in [1.29, 1.82) is 5.26 Å². The van der Waals surface area contributed by atoms with Gasteiger partial charge in [0.1, 0.15) is 5.75 Å². The molecule has 0 saturated heterocycles. The zero-order valence-electron chi connectivity index (χ0n) is 13.8. The number of ether oxygens (including phenoxy) is 1. The van der Waals surface area contributed by atoms with Crippen LogP contribution in [0, 0.1) is 25.2 Å². The summed E-state index contributed by atoms with van der Waals surface area (Å²) in [6.07, 6.45) is 3.61. The average Bonchev–Trinajstić information content (AvgIpc) is 2.90. The maximum atomic E-state index is 12.2. The molecule has 6 heteroatoms. The fraction of sp³-hybridized carbons (Fsp3) is 0.353. The van der Waals surface area contributed by atoms with E-state index in [0.717, 1.165) is 16.7 Å². The lowest BCUT2D eigenvalue weighted by Gasteiger charge is -2.18. The summed E-state index contributed by atoms with van der Waals surface area (Å²) in [4.78, 5) is 13.8. The minimum absolute atomic E-state index is 0.0374. The summed E-state index contributed by atoms with van der Waals surface area (Å²) in [6.45, 7) is 4.19. The van der Waals surface area contributed by atoms with Crippen LogP contribution in [0.3, 0.4) is 0 Å². The second kappa shape index (κ2) is 6.97. The SMILES string of the molecule is Cc1cc(C#N)cc(C)c1OCC(=O)N(C)Cc1cnn(C)c1. The summed E-state index contributed by atoms with van der Waals surface area (Å²) < 4.78 is 7.37. The fourth-order valence-electron chi connectivity index (χ4n) is 2.40. The fourth-order valence-corrected chi connectivity index (χ4v) is 2.40. The molecule has 2 aromatic rings. The first-order valence-electron chi connectivity index (χ1n) is 7.26. The van der Waals surface area contributed by atoms with E-state index in [1.807, 2.05) is 27.1 Å². The molecule has 2 rings (SSSR count). The van der Waals surface area contributed by atoms with Crippen molar-refractivity contribution in [3.63, 3.8) is 0 Å². The van der Waals surface area contributed by atoms with Crippen LogP contribution in [-0.2, 0) is 18.4 Å². The van der Waals surface area contributed by atoms with Gasteiger partial charge in [0.25, 0.3) is 5.91 Å². The second-order valence-electron chi connectivity index (χ2n) is 5.61. The standard InChI is InChI=1S/C17H20N4O2/c1-12-5-14(7-18)6-13(2)17(12)23-11-16(22)20(3)9-15-8-19-21(4)10-15/h5-6,8,10H,9,11H2,1-4H3. The molecule has 0 N–H and O–H groups in total. The van der Waals surface area contributed by atoms with Crippen molar-refractivity contribution in [2.75, 3.05) is 13.7 Å². The van der Waals surface area contributed by atoms with Crippen LogP contribution in [0.5, 0.6) is 5.75 Å². The number of rotatable bonds is 5. The first-order chi connectivity index (χ1) is 10.9. The van der Waals surface area contributed by atoms with Crippen LogP contribution in [0.15, 0.2) is 24.5 Å². The van der Waals surface area contributed by atoms with E-state index in [0.29, 0.717) is 17.9 Å². The molecule has 1 aromatic carbocycles. The summed E-state index contributed by atoms with van der Waals surface area (Å²) in [6, 6.07) is 5.62. The van der Waals surface area contributed by atoms with Crippen LogP contribution >= 0.6 is 0 Å². The Bertz CT molecular complexity index is 735. The van der Waals surface area contributed by atoms with Crippen molar-refractivity contribution in [1.82, 2.24) is 14.7 Å². The Balaban J connectivity index is 1.98. The summed E-state index contributed by atoms with van der Waals surface area (Å²) in [5.74, 6) is 0.546. The Labute approximate surface area is 135 Å². The van der Waals surface area contributed by atoms with Gasteiger partial charge in [-0.1, -0.05) is 0 Å². The van der Waals surface area contributed by atoms with Crippen molar-refractivity contribution < 1.29 is 9.53 Å². The second-order valence-corrected chi connectivity index (χ2v) is 5.61. The topological polar surface area (TPSA) is 71.2 Å². The van der Waals surface area contributed by atoms with Gasteiger partial charge in [-0.05, 0) is 37.1 Å². The van der Waals surface area contributed by atoms with Crippen LogP contribution < -0.4 is 4.74 Å². The van der Waals surface area contributed by atoms with E-state index in [4.69, 9.17) is 10.00 Å². The molecule has 1 aromatic heterocycles. The maximum absolute atomic E-state index is 12.2. The lowest BCUT2D eigenvalue weighted by atomic mass is 10.1. The minimum Gasteiger partial charge on any atom is -0.483 e. The third kappa shape index (κ3) is 4.10. The largest absolute Gasteiger partial charge is 0.483 e. The van der Waals surface area contributed by atoms with Crippen LogP contribution in [0.1, 0.15) is 22.3 Å². The Hall–Kier alpha value is -2.81. The highest BCUT2D eigenvalue weighted by atomic mass is 16.5. The average molecular weight is 312 g/mol. The molecule has 0 atom stereocenters. The lowest BCUT2D eigenvalue weighted by Crippen LogP contribution is -2.31. The summed E-state index contributed by atoms with van der Waals surface area (Å²) >= 11 is 0. The van der Waals surface area contributed by atoms with Crippen LogP contribution in [-0.4, -0.2) is 34.2 Å². The number of nitrogens with zero attached hydrogens (tertiary/aromatic N) is 4. The van der Waals surface area contributed by atoms with E-state index >= 15 is 0 Å². The predicted octanol–water partition coefficient (Wildman–Crippen LogP) is 1.95. The maximum Gasteiger partial charge on any atom is 0.260 e. The van der Waals surface area contributed by atoms with E-state index in [1.165, 1.54) is 0 Å². The Morgan fingerprint density at radius 1 is 1.39 bits per heavy atom. The molecule has 0 aliphatic heterocycles. The van der Waals surface area contributed by atoms with E-state index in [1.54, 1.807) is 35.0 Å². The van der Waals surface area contributed by atoms with Gasteiger partial charge in [0.15, 0.2) is 6.61 Å². The van der Waals surface area contributed by atoms with Gasteiger partial charge in [0, 0.05) is 32.4 Å². The molecule has 23 heavy (non-hydrogen) atoms. The monoisotopic (exact) mass is 312 g/mol. The Kier molecular flexibility index (Phi) is 5.02. The van der Waals surface area contributed by atoms with Crippen molar-refractivity contribution >= 4 is 5.91 Å². The molecule has 0 spiro atoms. The van der Waals surface area contributed by atoms with Gasteiger partial charge in [-0.15, -0.1) is 0 Å². The van der Waals surface area contributed by atoms with E-state index < -0.39 is 0 Å². The van der Waals surface area contributed by atoms with Crippen LogP contribution in [0.4, 0.5) is 0 Å². The molecule has 0 radical (unpaired) electrons. The molecule has 6 nitrogen and oxygen atoms in total. The van der Waals surface area contributed by atoms with Crippen molar-refractivity contribution in [3.8, 4) is 11.8 Å². The molecule has 0 saturated carbocycles. The van der Waals surface area contributed by atoms with E-state index in [-0.39, 0.29) is 12.5 Å². The zero-order chi connectivity index (χ0) is 17.0. The van der Waals surface area contributed by atoms with Gasteiger partial charge in [-0.2, -0.15) is 10.4 Å². The van der Waals surface area contributed by atoms with Gasteiger partial charge < -0.3 is 9.64 Å². The molecule has 0 aliphatic rings. The Morgan fingerprint density at radius 2 is 2.04 bits per heavy atom. The highest BCUT2D eigenvalue weighted by Crippen LogP contribution is 2.24. The molecule has 0 unspecified atom stereocenters. The van der Waals surface area contributed by atoms with E-state index in [2.05, 4.69) is 11.2 Å². The van der Waals surface area contributed by atoms with Crippen molar-refractivity contribution in [2.45, 2.75) is 20.4 Å². The van der Waals surface area contributed by atoms with Gasteiger partial charge in [0.05, 0.1) is 17.8 Å². The summed E-state index contributed by atoms with van der Waals surface area (Å²) in [7, 11) is 3.57. The quantitative estimate of drug-likeness (QED) is 0.846. The highest BCUT2D eigenvalue weighted by molar-refractivity contribution is 5.77. The van der Waals surface area contributed by atoms with Gasteiger partial charge in [-0.25, -0.2) is 0 Å². The molecule has 120 valence electrons. The predicted molar refractivity (Wildman–Crippen MR) is 85.8 cm³/mol. The molecular formula is C17H20N4O2. The first kappa shape index (κ1) is 16.6. The lowest BCUT2D eigenvalue weighted by molar-refractivity contribution is -0.132. The number of aryl methyl sites for hydroxylation is 3. The van der Waals surface area contributed by atoms with Crippen molar-refractivity contribution in [2.24, 2.45) is 7.05 Å². The van der Waals surface area contributed by atoms with Gasteiger partial charge >= 0.3 is 0 Å². The first-order valence-corrected chi connectivity index (χ1v) is 7.26.